The highest BCUT2D eigenvalue weighted by Crippen LogP contribution is 2.17. The van der Waals surface area contributed by atoms with Gasteiger partial charge in [0.15, 0.2) is 0 Å². The zero-order valence-electron chi connectivity index (χ0n) is 11.4. The predicted octanol–water partition coefficient (Wildman–Crippen LogP) is 2.33. The molecule has 0 aromatic heterocycles. The van der Waals surface area contributed by atoms with E-state index in [4.69, 9.17) is 10.5 Å². The first kappa shape index (κ1) is 19.3. The lowest BCUT2D eigenvalue weighted by Gasteiger charge is -2.20. The molecule has 0 heterocycles. The molecule has 0 bridgehead atoms. The zero-order valence-corrected chi connectivity index (χ0v) is 13.8. The number of benzene rings is 1. The Bertz CT molecular complexity index is 444. The van der Waals surface area contributed by atoms with Gasteiger partial charge in [0.05, 0.1) is 12.5 Å². The van der Waals surface area contributed by atoms with Crippen LogP contribution in [0.5, 0.6) is 0 Å². The van der Waals surface area contributed by atoms with Crippen LogP contribution in [-0.2, 0) is 16.1 Å². The first-order valence-electron chi connectivity index (χ1n) is 5.88. The summed E-state index contributed by atoms with van der Waals surface area (Å²) in [7, 11) is 3.14. The lowest BCUT2D eigenvalue weighted by molar-refractivity contribution is -0.132. The van der Waals surface area contributed by atoms with E-state index in [0.29, 0.717) is 5.56 Å². The third-order valence-electron chi connectivity index (χ3n) is 2.84. The quantitative estimate of drug-likeness (QED) is 0.837. The van der Waals surface area contributed by atoms with Crippen molar-refractivity contribution in [2.45, 2.75) is 19.1 Å². The fourth-order valence-corrected chi connectivity index (χ4v) is 2.03. The summed E-state index contributed by atoms with van der Waals surface area (Å²) in [5.41, 5.74) is 5.93. The minimum absolute atomic E-state index is 0. The van der Waals surface area contributed by atoms with Gasteiger partial charge in [-0.15, -0.1) is 12.4 Å². The first-order valence-corrected chi connectivity index (χ1v) is 6.68. The summed E-state index contributed by atoms with van der Waals surface area (Å²) in [4.78, 5) is 13.4. The minimum atomic E-state index is -0.329. The second-order valence-corrected chi connectivity index (χ2v) is 5.20. The molecule has 20 heavy (non-hydrogen) atoms. The van der Waals surface area contributed by atoms with Crippen molar-refractivity contribution in [2.75, 3.05) is 20.7 Å². The van der Waals surface area contributed by atoms with Crippen LogP contribution in [0, 0.1) is 5.82 Å². The van der Waals surface area contributed by atoms with Gasteiger partial charge in [-0.1, -0.05) is 15.9 Å². The number of methoxy groups -OCH3 is 1. The molecule has 0 radical (unpaired) electrons. The van der Waals surface area contributed by atoms with Crippen molar-refractivity contribution in [1.29, 1.82) is 0 Å². The Balaban J connectivity index is 0.00000361. The van der Waals surface area contributed by atoms with Crippen LogP contribution >= 0.6 is 28.3 Å². The molecule has 0 aliphatic carbocycles. The summed E-state index contributed by atoms with van der Waals surface area (Å²) in [6.45, 7) is 0.492. The molecule has 0 aliphatic heterocycles. The average molecular weight is 370 g/mol. The minimum Gasteiger partial charge on any atom is -0.380 e. The number of rotatable bonds is 6. The van der Waals surface area contributed by atoms with Gasteiger partial charge in [-0.2, -0.15) is 0 Å². The molecule has 114 valence electrons. The summed E-state index contributed by atoms with van der Waals surface area (Å²) in [6.07, 6.45) is -0.110. The maximum Gasteiger partial charge on any atom is 0.225 e. The van der Waals surface area contributed by atoms with Crippen LogP contribution in [0.25, 0.3) is 0 Å². The van der Waals surface area contributed by atoms with Crippen LogP contribution in [0.4, 0.5) is 4.39 Å². The molecule has 4 nitrogen and oxygen atoms in total. The Morgan fingerprint density at radius 2 is 2.20 bits per heavy atom. The highest BCUT2D eigenvalue weighted by Gasteiger charge is 2.16. The molecule has 1 amide bonds. The zero-order chi connectivity index (χ0) is 14.4. The molecule has 0 aliphatic rings. The lowest BCUT2D eigenvalue weighted by atomic mass is 10.2. The Hall–Kier alpha value is -0.690. The summed E-state index contributed by atoms with van der Waals surface area (Å²) >= 11 is 3.28. The van der Waals surface area contributed by atoms with E-state index >= 15 is 0 Å². The third-order valence-corrected chi connectivity index (χ3v) is 3.33. The molecule has 7 heteroatoms. The molecule has 1 aromatic carbocycles. The number of carbonyl (C=O) groups is 1. The average Bonchev–Trinajstić information content (AvgIpc) is 2.39. The molecule has 1 unspecified atom stereocenters. The van der Waals surface area contributed by atoms with E-state index < -0.39 is 0 Å². The van der Waals surface area contributed by atoms with Crippen LogP contribution in [0.3, 0.4) is 0 Å². The maximum absolute atomic E-state index is 13.6. The molecule has 1 aromatic rings. The number of nitrogens with two attached hydrogens (primary N) is 1. The second-order valence-electron chi connectivity index (χ2n) is 4.28. The highest BCUT2D eigenvalue weighted by molar-refractivity contribution is 9.10. The van der Waals surface area contributed by atoms with Crippen LogP contribution in [0.1, 0.15) is 12.0 Å². The van der Waals surface area contributed by atoms with Gasteiger partial charge in [0.25, 0.3) is 0 Å². The van der Waals surface area contributed by atoms with Gasteiger partial charge in [-0.05, 0) is 18.2 Å². The molecule has 2 N–H and O–H groups in total. The fraction of sp³-hybridized carbons (Fsp3) is 0.462. The van der Waals surface area contributed by atoms with Gasteiger partial charge in [-0.3, -0.25) is 4.79 Å². The van der Waals surface area contributed by atoms with E-state index in [-0.39, 0.29) is 49.7 Å². The number of ether oxygens (including phenoxy) is 1. The largest absolute Gasteiger partial charge is 0.380 e. The first-order chi connectivity index (χ1) is 8.97. The SMILES string of the molecule is COC(CN)CC(=O)N(C)Cc1cc(Br)ccc1F.Cl. The Labute approximate surface area is 133 Å². The van der Waals surface area contributed by atoms with Crippen molar-refractivity contribution in [2.24, 2.45) is 5.73 Å². The number of hydrogen-bond acceptors (Lipinski definition) is 3. The lowest BCUT2D eigenvalue weighted by Crippen LogP contribution is -2.33. The second kappa shape index (κ2) is 9.28. The topological polar surface area (TPSA) is 55.6 Å². The Morgan fingerprint density at radius 3 is 2.75 bits per heavy atom. The van der Waals surface area contributed by atoms with Crippen LogP contribution in [0.15, 0.2) is 22.7 Å². The number of amides is 1. The van der Waals surface area contributed by atoms with Crippen molar-refractivity contribution in [1.82, 2.24) is 4.90 Å². The molecule has 0 fully saturated rings. The number of nitrogens with zero attached hydrogens (tertiary/aromatic N) is 1. The van der Waals surface area contributed by atoms with Gasteiger partial charge in [-0.25, -0.2) is 4.39 Å². The van der Waals surface area contributed by atoms with Crippen molar-refractivity contribution < 1.29 is 13.9 Å². The van der Waals surface area contributed by atoms with Crippen molar-refractivity contribution in [3.05, 3.63) is 34.1 Å². The van der Waals surface area contributed by atoms with Gasteiger partial charge < -0.3 is 15.4 Å². The third kappa shape index (κ3) is 5.75. The van der Waals surface area contributed by atoms with E-state index in [1.165, 1.54) is 18.1 Å². The van der Waals surface area contributed by atoms with Crippen molar-refractivity contribution in [3.8, 4) is 0 Å². The molecule has 1 atom stereocenters. The van der Waals surface area contributed by atoms with Gasteiger partial charge >= 0.3 is 0 Å². The number of hydrogen-bond donors (Lipinski definition) is 1. The predicted molar refractivity (Wildman–Crippen MR) is 82.3 cm³/mol. The maximum atomic E-state index is 13.6. The van der Waals surface area contributed by atoms with E-state index in [0.717, 1.165) is 4.47 Å². The normalized spacial score (nSPS) is 11.7. The molecule has 0 saturated carbocycles. The summed E-state index contributed by atoms with van der Waals surface area (Å²) < 4.78 is 19.4. The van der Waals surface area contributed by atoms with Crippen molar-refractivity contribution in [3.63, 3.8) is 0 Å². The van der Waals surface area contributed by atoms with Gasteiger partial charge in [0.1, 0.15) is 5.82 Å². The monoisotopic (exact) mass is 368 g/mol. The Kier molecular flexibility index (Phi) is 8.96. The summed E-state index contributed by atoms with van der Waals surface area (Å²) in [6, 6.07) is 4.65. The molecule has 0 spiro atoms. The van der Waals surface area contributed by atoms with Crippen LogP contribution in [-0.4, -0.2) is 37.6 Å². The number of halogens is 3. The Morgan fingerprint density at radius 1 is 1.55 bits per heavy atom. The van der Waals surface area contributed by atoms with E-state index in [1.54, 1.807) is 19.2 Å². The standard InChI is InChI=1S/C13H18BrFN2O2.ClH/c1-17(13(18)6-11(7-16)19-2)8-9-5-10(14)3-4-12(9)15;/h3-5,11H,6-8,16H2,1-2H3;1H. The van der Waals surface area contributed by atoms with Crippen LogP contribution < -0.4 is 5.73 Å². The van der Waals surface area contributed by atoms with Gasteiger partial charge in [0.2, 0.25) is 5.91 Å². The number of carbonyl (C=O) groups excluding carboxylic acids is 1. The van der Waals surface area contributed by atoms with Gasteiger partial charge in [0, 0.05) is 37.3 Å². The van der Waals surface area contributed by atoms with E-state index in [9.17, 15) is 9.18 Å². The molecular weight excluding hydrogens is 351 g/mol. The smallest absolute Gasteiger partial charge is 0.225 e. The van der Waals surface area contributed by atoms with E-state index in [2.05, 4.69) is 15.9 Å². The fourth-order valence-electron chi connectivity index (χ4n) is 1.62. The van der Waals surface area contributed by atoms with Crippen LogP contribution in [0.2, 0.25) is 0 Å². The molecule has 1 rings (SSSR count). The summed E-state index contributed by atoms with van der Waals surface area (Å²) in [5.74, 6) is -0.457. The highest BCUT2D eigenvalue weighted by atomic mass is 79.9. The summed E-state index contributed by atoms with van der Waals surface area (Å²) in [5, 5.41) is 0. The van der Waals surface area contributed by atoms with E-state index in [1.807, 2.05) is 0 Å². The molecule has 0 saturated heterocycles. The van der Waals surface area contributed by atoms with Crippen molar-refractivity contribution >= 4 is 34.2 Å². The molecular formula is C13H19BrClFN2O2.